The molecule has 3 aromatic carbocycles. The summed E-state index contributed by atoms with van der Waals surface area (Å²) in [6, 6.07) is 22.6. The molecule has 214 valence electrons. The highest BCUT2D eigenvalue weighted by Crippen LogP contribution is 2.35. The number of carbonyl (C=O) groups excluding carboxylic acids is 1. The van der Waals surface area contributed by atoms with Crippen molar-refractivity contribution in [1.29, 1.82) is 0 Å². The van der Waals surface area contributed by atoms with Crippen molar-refractivity contribution in [3.63, 3.8) is 0 Å². The van der Waals surface area contributed by atoms with Crippen LogP contribution in [0.5, 0.6) is 11.5 Å². The van der Waals surface area contributed by atoms with Crippen LogP contribution in [0, 0.1) is 0 Å². The Morgan fingerprint density at radius 1 is 0.929 bits per heavy atom. The fraction of sp³-hybridized carbons (Fsp3) is 0.188. The van der Waals surface area contributed by atoms with Crippen LogP contribution in [0.3, 0.4) is 0 Å². The van der Waals surface area contributed by atoms with Crippen LogP contribution in [0.15, 0.2) is 94.2 Å². The van der Waals surface area contributed by atoms with Gasteiger partial charge in [-0.05, 0) is 55.3 Å². The highest BCUT2D eigenvalue weighted by molar-refractivity contribution is 7.07. The fourth-order valence-electron chi connectivity index (χ4n) is 4.63. The molecule has 10 heteroatoms. The molecular weight excluding hydrogens is 556 g/mol. The van der Waals surface area contributed by atoms with E-state index in [9.17, 15) is 14.4 Å². The summed E-state index contributed by atoms with van der Waals surface area (Å²) in [7, 11) is 0. The number of aromatic nitrogens is 1. The fourth-order valence-corrected chi connectivity index (χ4v) is 5.63. The Morgan fingerprint density at radius 3 is 2.24 bits per heavy atom. The number of rotatable bonds is 10. The quantitative estimate of drug-likeness (QED) is 0.282. The number of benzene rings is 3. The Labute approximate surface area is 245 Å². The van der Waals surface area contributed by atoms with Crippen molar-refractivity contribution in [2.24, 2.45) is 4.99 Å². The van der Waals surface area contributed by atoms with Crippen LogP contribution in [-0.2, 0) is 14.3 Å². The molecule has 9 nitrogen and oxygen atoms in total. The molecule has 4 aromatic rings. The maximum absolute atomic E-state index is 14.0. The third-order valence-corrected chi connectivity index (χ3v) is 7.40. The van der Waals surface area contributed by atoms with Gasteiger partial charge in [0.1, 0.15) is 11.5 Å². The maximum Gasteiger partial charge on any atom is 0.341 e. The van der Waals surface area contributed by atoms with Gasteiger partial charge in [-0.1, -0.05) is 65.9 Å². The highest BCUT2D eigenvalue weighted by Gasteiger charge is 2.35. The number of hydrogen-bond donors (Lipinski definition) is 1. The molecule has 0 amide bonds. The number of carbonyl (C=O) groups is 2. The van der Waals surface area contributed by atoms with Gasteiger partial charge < -0.3 is 19.3 Å². The van der Waals surface area contributed by atoms with Crippen molar-refractivity contribution in [1.82, 2.24) is 4.57 Å². The van der Waals surface area contributed by atoms with Gasteiger partial charge in [0, 0.05) is 5.56 Å². The lowest BCUT2D eigenvalue weighted by Gasteiger charge is -2.26. The van der Waals surface area contributed by atoms with Gasteiger partial charge in [-0.2, -0.15) is 0 Å². The smallest absolute Gasteiger partial charge is 0.341 e. The molecule has 1 aliphatic rings. The first kappa shape index (κ1) is 28.6. The van der Waals surface area contributed by atoms with Crippen molar-refractivity contribution in [2.75, 3.05) is 19.8 Å². The van der Waals surface area contributed by atoms with Crippen LogP contribution in [0.1, 0.15) is 36.6 Å². The van der Waals surface area contributed by atoms with Crippen molar-refractivity contribution < 1.29 is 28.9 Å². The zero-order valence-corrected chi connectivity index (χ0v) is 23.8. The number of esters is 1. The molecule has 0 bridgehead atoms. The zero-order valence-electron chi connectivity index (χ0n) is 23.0. The van der Waals surface area contributed by atoms with E-state index in [1.165, 1.54) is 15.9 Å². The molecule has 42 heavy (non-hydrogen) atoms. The average molecular weight is 585 g/mol. The summed E-state index contributed by atoms with van der Waals surface area (Å²) in [6.07, 6.45) is 1.73. The number of ether oxygens (including phenoxy) is 3. The number of aliphatic carboxylic acids is 1. The zero-order chi connectivity index (χ0) is 29.6. The Balaban J connectivity index is 1.69. The summed E-state index contributed by atoms with van der Waals surface area (Å²) in [4.78, 5) is 43.6. The monoisotopic (exact) mass is 584 g/mol. The van der Waals surface area contributed by atoms with E-state index in [2.05, 4.69) is 0 Å². The topological polar surface area (TPSA) is 116 Å². The third kappa shape index (κ3) is 6.03. The first-order valence-electron chi connectivity index (χ1n) is 13.4. The minimum atomic E-state index is -1.07. The van der Waals surface area contributed by atoms with E-state index >= 15 is 0 Å². The third-order valence-electron chi connectivity index (χ3n) is 6.42. The van der Waals surface area contributed by atoms with Crippen molar-refractivity contribution in [3.8, 4) is 11.5 Å². The van der Waals surface area contributed by atoms with Gasteiger partial charge in [0.2, 0.25) is 0 Å². The number of hydrogen-bond acceptors (Lipinski definition) is 8. The van der Waals surface area contributed by atoms with E-state index in [-0.39, 0.29) is 17.7 Å². The second kappa shape index (κ2) is 12.7. The largest absolute Gasteiger partial charge is 0.494 e. The van der Waals surface area contributed by atoms with Gasteiger partial charge in [-0.3, -0.25) is 9.36 Å². The number of carboxylic acids is 1. The van der Waals surface area contributed by atoms with Crippen molar-refractivity contribution in [2.45, 2.75) is 19.9 Å². The van der Waals surface area contributed by atoms with Crippen LogP contribution >= 0.6 is 11.3 Å². The summed E-state index contributed by atoms with van der Waals surface area (Å²) in [6.45, 7) is 3.86. The van der Waals surface area contributed by atoms with E-state index in [4.69, 9.17) is 24.3 Å². The Hall–Kier alpha value is -4.96. The molecule has 1 N–H and O–H groups in total. The predicted octanol–water partition coefficient (Wildman–Crippen LogP) is 3.80. The van der Waals surface area contributed by atoms with E-state index in [0.29, 0.717) is 44.3 Å². The van der Waals surface area contributed by atoms with Gasteiger partial charge in [0.05, 0.1) is 35.1 Å². The lowest BCUT2D eigenvalue weighted by molar-refractivity contribution is -0.140. The van der Waals surface area contributed by atoms with Crippen LogP contribution in [0.25, 0.3) is 11.8 Å². The van der Waals surface area contributed by atoms with Crippen LogP contribution in [0.4, 0.5) is 0 Å². The summed E-state index contributed by atoms with van der Waals surface area (Å²) in [5.74, 6) is -0.544. The minimum absolute atomic E-state index is 0.164. The maximum atomic E-state index is 14.0. The standard InChI is InChI=1S/C32H28N2O7S/c1-3-39-23-16-12-22(13-17-23)29-27(31(38)40-4-2)28(21-8-6-5-7-9-21)33-32-34(29)30(37)25(42-32)18-20-10-14-24(15-11-20)41-19-26(35)36/h5-18,29H,3-4,19H2,1-2H3,(H,35,36)/b25-18-/t29-/m0/s1. The van der Waals surface area contributed by atoms with Gasteiger partial charge in [0.25, 0.3) is 5.56 Å². The van der Waals surface area contributed by atoms with Crippen LogP contribution < -0.4 is 24.4 Å². The normalized spacial score (nSPS) is 14.6. The van der Waals surface area contributed by atoms with E-state index in [1.54, 1.807) is 37.3 Å². The molecule has 0 spiro atoms. The van der Waals surface area contributed by atoms with E-state index in [0.717, 1.165) is 5.56 Å². The molecule has 0 fully saturated rings. The molecule has 0 saturated carbocycles. The molecule has 2 heterocycles. The van der Waals surface area contributed by atoms with Crippen LogP contribution in [-0.4, -0.2) is 41.4 Å². The van der Waals surface area contributed by atoms with Gasteiger partial charge >= 0.3 is 11.9 Å². The Bertz CT molecular complexity index is 1810. The summed E-state index contributed by atoms with van der Waals surface area (Å²) < 4.78 is 18.3. The van der Waals surface area contributed by atoms with Gasteiger partial charge in [-0.15, -0.1) is 0 Å². The number of fused-ring (bicyclic) bond motifs is 1. The second-order valence-corrected chi connectivity index (χ2v) is 10.2. The molecule has 1 aromatic heterocycles. The van der Waals surface area contributed by atoms with Crippen molar-refractivity contribution in [3.05, 3.63) is 121 Å². The number of carboxylic acid groups (broad SMARTS) is 1. The lowest BCUT2D eigenvalue weighted by atomic mass is 9.93. The van der Waals surface area contributed by atoms with E-state index in [1.807, 2.05) is 61.5 Å². The number of nitrogens with zero attached hydrogens (tertiary/aromatic N) is 2. The Kier molecular flexibility index (Phi) is 8.63. The van der Waals surface area contributed by atoms with Gasteiger partial charge in [0.15, 0.2) is 11.4 Å². The lowest BCUT2D eigenvalue weighted by Crippen LogP contribution is -2.40. The average Bonchev–Trinajstić information content (AvgIpc) is 3.31. The summed E-state index contributed by atoms with van der Waals surface area (Å²) >= 11 is 1.22. The van der Waals surface area contributed by atoms with Crippen molar-refractivity contribution >= 4 is 35.0 Å². The molecule has 1 aliphatic heterocycles. The molecular formula is C32H28N2O7S. The molecule has 0 unspecified atom stereocenters. The SMILES string of the molecule is CCOC(=O)C1=C(c2ccccc2)N=c2s/c(=C\c3ccc(OCC(=O)O)cc3)c(=O)n2[C@H]1c1ccc(OCC)cc1. The first-order valence-corrected chi connectivity index (χ1v) is 14.2. The summed E-state index contributed by atoms with van der Waals surface area (Å²) in [5, 5.41) is 8.84. The van der Waals surface area contributed by atoms with Gasteiger partial charge in [-0.25, -0.2) is 14.6 Å². The second-order valence-electron chi connectivity index (χ2n) is 9.18. The highest BCUT2D eigenvalue weighted by atomic mass is 32.1. The van der Waals surface area contributed by atoms with Crippen LogP contribution in [0.2, 0.25) is 0 Å². The molecule has 1 atom stereocenters. The Morgan fingerprint density at radius 2 is 1.60 bits per heavy atom. The van der Waals surface area contributed by atoms with E-state index < -0.39 is 24.6 Å². The summed E-state index contributed by atoms with van der Waals surface area (Å²) in [5.41, 5.74) is 2.56. The minimum Gasteiger partial charge on any atom is -0.494 e. The molecule has 0 aliphatic carbocycles. The predicted molar refractivity (Wildman–Crippen MR) is 158 cm³/mol. The molecule has 5 rings (SSSR count). The first-order chi connectivity index (χ1) is 20.4. The molecule has 0 saturated heterocycles. The molecule has 0 radical (unpaired) electrons. The number of thiazole rings is 1.